The van der Waals surface area contributed by atoms with Crippen molar-refractivity contribution in [3.8, 4) is 5.69 Å². The highest BCUT2D eigenvalue weighted by Crippen LogP contribution is 2.12. The highest BCUT2D eigenvalue weighted by molar-refractivity contribution is 5.40. The Labute approximate surface area is 94.1 Å². The van der Waals surface area contributed by atoms with Crippen molar-refractivity contribution in [2.75, 3.05) is 0 Å². The molecule has 0 fully saturated rings. The van der Waals surface area contributed by atoms with Gasteiger partial charge in [0, 0.05) is 24.3 Å². The number of nitro benzene ring substituents is 1. The van der Waals surface area contributed by atoms with Crippen LogP contribution in [-0.2, 0) is 0 Å². The van der Waals surface area contributed by atoms with Gasteiger partial charge in [-0.25, -0.2) is 4.68 Å². The molecule has 7 nitrogen and oxygen atoms in total. The molecular formula is C10H7N3O4. The number of nitro groups is 1. The zero-order chi connectivity index (χ0) is 12.4. The zero-order valence-corrected chi connectivity index (χ0v) is 8.49. The Morgan fingerprint density at radius 2 is 1.71 bits per heavy atom. The summed E-state index contributed by atoms with van der Waals surface area (Å²) in [6.45, 7) is 0. The smallest absolute Gasteiger partial charge is 0.268 e. The molecule has 2 aromatic rings. The molecule has 86 valence electrons. The number of non-ortho nitro benzene ring substituents is 1. The van der Waals surface area contributed by atoms with Crippen LogP contribution in [0.15, 0.2) is 46.0 Å². The van der Waals surface area contributed by atoms with Crippen LogP contribution in [0.4, 0.5) is 5.69 Å². The molecule has 0 aliphatic carbocycles. The lowest BCUT2D eigenvalue weighted by Gasteiger charge is -2.03. The third kappa shape index (κ3) is 2.12. The maximum Gasteiger partial charge on any atom is 0.269 e. The van der Waals surface area contributed by atoms with Crippen molar-refractivity contribution in [1.29, 1.82) is 0 Å². The maximum atomic E-state index is 11.4. The maximum absolute atomic E-state index is 11.4. The summed E-state index contributed by atoms with van der Waals surface area (Å²) in [5.41, 5.74) is -0.570. The van der Waals surface area contributed by atoms with E-state index in [2.05, 4.69) is 5.10 Å². The fourth-order valence-corrected chi connectivity index (χ4v) is 1.34. The van der Waals surface area contributed by atoms with Crippen LogP contribution in [0, 0.1) is 10.1 Å². The third-order valence-corrected chi connectivity index (χ3v) is 2.14. The Morgan fingerprint density at radius 1 is 1.06 bits per heavy atom. The highest BCUT2D eigenvalue weighted by atomic mass is 16.6. The molecule has 0 saturated carbocycles. The van der Waals surface area contributed by atoms with Crippen LogP contribution in [0.25, 0.3) is 5.69 Å². The van der Waals surface area contributed by atoms with E-state index in [-0.39, 0.29) is 5.69 Å². The predicted octanol–water partition coefficient (Wildman–Crippen LogP) is 0.434. The molecule has 0 atom stereocenters. The van der Waals surface area contributed by atoms with E-state index in [1.165, 1.54) is 24.3 Å². The first-order chi connectivity index (χ1) is 8.08. The first-order valence-electron chi connectivity index (χ1n) is 4.65. The molecule has 2 rings (SSSR count). The van der Waals surface area contributed by atoms with Gasteiger partial charge in [0.15, 0.2) is 0 Å². The molecule has 0 saturated heterocycles. The van der Waals surface area contributed by atoms with Crippen LogP contribution in [-0.4, -0.2) is 14.7 Å². The van der Waals surface area contributed by atoms with E-state index in [9.17, 15) is 19.7 Å². The molecule has 0 aliphatic rings. The third-order valence-electron chi connectivity index (χ3n) is 2.14. The predicted molar refractivity (Wildman–Crippen MR) is 59.3 cm³/mol. The van der Waals surface area contributed by atoms with E-state index < -0.39 is 16.0 Å². The van der Waals surface area contributed by atoms with E-state index in [4.69, 9.17) is 0 Å². The van der Waals surface area contributed by atoms with Crippen LogP contribution in [0.2, 0.25) is 0 Å². The molecule has 1 aromatic heterocycles. The van der Waals surface area contributed by atoms with Gasteiger partial charge in [0.05, 0.1) is 10.6 Å². The Morgan fingerprint density at radius 3 is 2.29 bits per heavy atom. The normalized spacial score (nSPS) is 10.1. The fraction of sp³-hybridized carbons (Fsp3) is 0. The molecule has 1 heterocycles. The number of nitrogens with zero attached hydrogens (tertiary/aromatic N) is 2. The Kier molecular flexibility index (Phi) is 2.57. The molecule has 0 aliphatic heterocycles. The molecule has 17 heavy (non-hydrogen) atoms. The summed E-state index contributed by atoms with van der Waals surface area (Å²) >= 11 is 0. The second-order valence-corrected chi connectivity index (χ2v) is 3.26. The summed E-state index contributed by atoms with van der Waals surface area (Å²) in [6, 6.07) is 7.52. The lowest BCUT2D eigenvalue weighted by Crippen LogP contribution is -2.26. The highest BCUT2D eigenvalue weighted by Gasteiger charge is 2.05. The van der Waals surface area contributed by atoms with Crippen LogP contribution < -0.4 is 11.1 Å². The van der Waals surface area contributed by atoms with Gasteiger partial charge in [-0.15, -0.1) is 0 Å². The number of benzene rings is 1. The van der Waals surface area contributed by atoms with Crippen molar-refractivity contribution >= 4 is 5.69 Å². The Balaban J connectivity index is 2.54. The van der Waals surface area contributed by atoms with Gasteiger partial charge in [-0.05, 0) is 12.1 Å². The summed E-state index contributed by atoms with van der Waals surface area (Å²) < 4.78 is 1.02. The second-order valence-electron chi connectivity index (χ2n) is 3.26. The summed E-state index contributed by atoms with van der Waals surface area (Å²) in [6.07, 6.45) is 0. The number of H-pyrrole nitrogens is 1. The lowest BCUT2D eigenvalue weighted by atomic mass is 10.3. The first kappa shape index (κ1) is 10.8. The molecule has 1 aromatic carbocycles. The summed E-state index contributed by atoms with van der Waals surface area (Å²) in [5, 5.41) is 12.8. The number of hydrogen-bond acceptors (Lipinski definition) is 4. The molecule has 7 heteroatoms. The van der Waals surface area contributed by atoms with E-state index in [0.29, 0.717) is 5.69 Å². The lowest BCUT2D eigenvalue weighted by molar-refractivity contribution is -0.384. The van der Waals surface area contributed by atoms with Crippen LogP contribution in [0.1, 0.15) is 0 Å². The molecule has 0 unspecified atom stereocenters. The van der Waals surface area contributed by atoms with Gasteiger partial charge in [0.1, 0.15) is 0 Å². The Hall–Kier alpha value is -2.70. The number of aromatic nitrogens is 2. The summed E-state index contributed by atoms with van der Waals surface area (Å²) in [5.74, 6) is 0. The second kappa shape index (κ2) is 4.05. The van der Waals surface area contributed by atoms with E-state index >= 15 is 0 Å². The quantitative estimate of drug-likeness (QED) is 0.600. The monoisotopic (exact) mass is 233 g/mol. The number of hydrogen-bond donors (Lipinski definition) is 1. The van der Waals surface area contributed by atoms with Crippen LogP contribution >= 0.6 is 0 Å². The van der Waals surface area contributed by atoms with Gasteiger partial charge < -0.3 is 0 Å². The molecule has 0 radical (unpaired) electrons. The van der Waals surface area contributed by atoms with E-state index in [1.54, 1.807) is 0 Å². The van der Waals surface area contributed by atoms with Crippen molar-refractivity contribution < 1.29 is 4.92 Å². The van der Waals surface area contributed by atoms with Gasteiger partial charge in [0.2, 0.25) is 0 Å². The number of rotatable bonds is 2. The summed E-state index contributed by atoms with van der Waals surface area (Å²) in [4.78, 5) is 32.4. The van der Waals surface area contributed by atoms with E-state index in [0.717, 1.165) is 16.8 Å². The van der Waals surface area contributed by atoms with Crippen LogP contribution in [0.5, 0.6) is 0 Å². The molecular weight excluding hydrogens is 226 g/mol. The van der Waals surface area contributed by atoms with Crippen molar-refractivity contribution in [3.63, 3.8) is 0 Å². The fourth-order valence-electron chi connectivity index (χ4n) is 1.34. The van der Waals surface area contributed by atoms with Crippen LogP contribution in [0.3, 0.4) is 0 Å². The van der Waals surface area contributed by atoms with Crippen molar-refractivity contribution in [3.05, 3.63) is 67.2 Å². The minimum Gasteiger partial charge on any atom is -0.268 e. The molecule has 0 spiro atoms. The minimum atomic E-state index is -0.541. The van der Waals surface area contributed by atoms with Gasteiger partial charge in [-0.2, -0.15) is 0 Å². The van der Waals surface area contributed by atoms with Gasteiger partial charge in [-0.3, -0.25) is 24.8 Å². The van der Waals surface area contributed by atoms with Gasteiger partial charge in [0.25, 0.3) is 16.8 Å². The topological polar surface area (TPSA) is 98.0 Å². The summed E-state index contributed by atoms with van der Waals surface area (Å²) in [7, 11) is 0. The van der Waals surface area contributed by atoms with Gasteiger partial charge >= 0.3 is 0 Å². The Bertz CT molecular complexity index is 669. The average molecular weight is 233 g/mol. The number of nitrogens with one attached hydrogen (secondary N) is 1. The van der Waals surface area contributed by atoms with E-state index in [1.807, 2.05) is 0 Å². The first-order valence-corrected chi connectivity index (χ1v) is 4.65. The van der Waals surface area contributed by atoms with Gasteiger partial charge in [-0.1, -0.05) is 0 Å². The van der Waals surface area contributed by atoms with Crippen molar-refractivity contribution in [2.24, 2.45) is 0 Å². The van der Waals surface area contributed by atoms with Crippen molar-refractivity contribution in [1.82, 2.24) is 9.78 Å². The molecule has 0 bridgehead atoms. The molecule has 1 N–H and O–H groups in total. The largest absolute Gasteiger partial charge is 0.269 e. The standard InChI is InChI=1S/C10H7N3O4/c14-9-5-6-10(15)12(11-9)7-1-3-8(4-2-7)13(16)17/h1-6H,(H,11,14). The zero-order valence-electron chi connectivity index (χ0n) is 8.49. The average Bonchev–Trinajstić information content (AvgIpc) is 2.32. The minimum absolute atomic E-state index is 0.0833. The number of aromatic amines is 1. The molecule has 0 amide bonds. The SMILES string of the molecule is O=c1ccc(=O)n(-c2ccc([N+](=O)[O-])cc2)[nH]1. The van der Waals surface area contributed by atoms with Crippen molar-refractivity contribution in [2.45, 2.75) is 0 Å².